The van der Waals surface area contributed by atoms with Crippen molar-refractivity contribution < 1.29 is 0 Å². The third kappa shape index (κ3) is 3.56. The SMILES string of the molecule is CCc1ccc(-c2csc(N/N=C\c3ccccn3)n2)cc1. The standard InChI is InChI=1S/C17H16N4S/c1-2-13-6-8-14(9-7-13)16-12-22-17(20-16)21-19-11-15-5-3-4-10-18-15/h3-12H,2H2,1H3,(H,20,21)/b19-11-. The highest BCUT2D eigenvalue weighted by molar-refractivity contribution is 7.14. The summed E-state index contributed by atoms with van der Waals surface area (Å²) in [4.78, 5) is 8.71. The molecule has 0 fully saturated rings. The van der Waals surface area contributed by atoms with E-state index in [1.165, 1.54) is 16.9 Å². The zero-order chi connectivity index (χ0) is 15.2. The lowest BCUT2D eigenvalue weighted by Gasteiger charge is -1.99. The van der Waals surface area contributed by atoms with Crippen molar-refractivity contribution in [2.45, 2.75) is 13.3 Å². The Morgan fingerprint density at radius 3 is 2.77 bits per heavy atom. The van der Waals surface area contributed by atoms with E-state index in [0.29, 0.717) is 0 Å². The molecule has 0 aliphatic heterocycles. The van der Waals surface area contributed by atoms with E-state index < -0.39 is 0 Å². The summed E-state index contributed by atoms with van der Waals surface area (Å²) < 4.78 is 0. The number of thiazole rings is 1. The van der Waals surface area contributed by atoms with Crippen molar-refractivity contribution >= 4 is 22.7 Å². The molecule has 0 spiro atoms. The largest absolute Gasteiger partial charge is 0.255 e. The van der Waals surface area contributed by atoms with Gasteiger partial charge < -0.3 is 0 Å². The van der Waals surface area contributed by atoms with Crippen LogP contribution in [-0.2, 0) is 6.42 Å². The number of aromatic nitrogens is 2. The van der Waals surface area contributed by atoms with Crippen LogP contribution in [0.5, 0.6) is 0 Å². The lowest BCUT2D eigenvalue weighted by Crippen LogP contribution is -1.91. The summed E-state index contributed by atoms with van der Waals surface area (Å²) in [6, 6.07) is 14.2. The van der Waals surface area contributed by atoms with Crippen LogP contribution in [0, 0.1) is 0 Å². The third-order valence-corrected chi connectivity index (χ3v) is 3.95. The van der Waals surface area contributed by atoms with Crippen molar-refractivity contribution in [3.05, 3.63) is 65.3 Å². The second-order valence-corrected chi connectivity index (χ2v) is 5.57. The Balaban J connectivity index is 1.67. The van der Waals surface area contributed by atoms with Crippen molar-refractivity contribution in [1.29, 1.82) is 0 Å². The molecule has 0 aliphatic rings. The van der Waals surface area contributed by atoms with Gasteiger partial charge in [-0.1, -0.05) is 37.3 Å². The minimum atomic E-state index is 0.766. The number of rotatable bonds is 5. The molecule has 0 amide bonds. The molecule has 3 rings (SSSR count). The number of aryl methyl sites for hydroxylation is 1. The molecule has 0 bridgehead atoms. The Hall–Kier alpha value is -2.53. The third-order valence-electron chi connectivity index (χ3n) is 3.21. The predicted molar refractivity (Wildman–Crippen MR) is 92.4 cm³/mol. The predicted octanol–water partition coefficient (Wildman–Crippen LogP) is 4.21. The van der Waals surface area contributed by atoms with Gasteiger partial charge in [0.25, 0.3) is 0 Å². The van der Waals surface area contributed by atoms with E-state index in [1.54, 1.807) is 12.4 Å². The van der Waals surface area contributed by atoms with E-state index in [0.717, 1.165) is 28.5 Å². The number of pyridine rings is 1. The molecule has 2 heterocycles. The minimum absolute atomic E-state index is 0.766. The number of hydrazone groups is 1. The number of hydrogen-bond donors (Lipinski definition) is 1. The topological polar surface area (TPSA) is 50.2 Å². The zero-order valence-corrected chi connectivity index (χ0v) is 13.0. The zero-order valence-electron chi connectivity index (χ0n) is 12.2. The van der Waals surface area contributed by atoms with Crippen molar-refractivity contribution in [1.82, 2.24) is 9.97 Å². The first-order valence-corrected chi connectivity index (χ1v) is 7.98. The van der Waals surface area contributed by atoms with Crippen LogP contribution in [0.2, 0.25) is 0 Å². The van der Waals surface area contributed by atoms with Gasteiger partial charge in [0.2, 0.25) is 5.13 Å². The van der Waals surface area contributed by atoms with E-state index in [-0.39, 0.29) is 0 Å². The summed E-state index contributed by atoms with van der Waals surface area (Å²) in [6.07, 6.45) is 4.46. The molecule has 22 heavy (non-hydrogen) atoms. The smallest absolute Gasteiger partial charge is 0.203 e. The Kier molecular flexibility index (Phi) is 4.56. The maximum atomic E-state index is 4.54. The summed E-state index contributed by atoms with van der Waals surface area (Å²) in [5, 5.41) is 6.95. The molecule has 1 aromatic carbocycles. The van der Waals surface area contributed by atoms with Gasteiger partial charge in [-0.15, -0.1) is 11.3 Å². The fraction of sp³-hybridized carbons (Fsp3) is 0.118. The van der Waals surface area contributed by atoms with Crippen LogP contribution in [0.15, 0.2) is 59.1 Å². The molecule has 2 aromatic heterocycles. The maximum absolute atomic E-state index is 4.54. The van der Waals surface area contributed by atoms with Crippen molar-refractivity contribution in [3.8, 4) is 11.3 Å². The highest BCUT2D eigenvalue weighted by Crippen LogP contribution is 2.25. The summed E-state index contributed by atoms with van der Waals surface area (Å²) in [7, 11) is 0. The number of benzene rings is 1. The van der Waals surface area contributed by atoms with Gasteiger partial charge in [-0.3, -0.25) is 10.4 Å². The molecular weight excluding hydrogens is 292 g/mol. The van der Waals surface area contributed by atoms with Gasteiger partial charge in [-0.25, -0.2) is 4.98 Å². The van der Waals surface area contributed by atoms with Crippen LogP contribution in [0.1, 0.15) is 18.2 Å². The number of hydrogen-bond acceptors (Lipinski definition) is 5. The normalized spacial score (nSPS) is 11.0. The van der Waals surface area contributed by atoms with Crippen LogP contribution in [0.25, 0.3) is 11.3 Å². The van der Waals surface area contributed by atoms with Gasteiger partial charge in [-0.2, -0.15) is 5.10 Å². The molecular formula is C17H16N4S. The molecule has 0 radical (unpaired) electrons. The number of nitrogens with zero attached hydrogens (tertiary/aromatic N) is 3. The number of anilines is 1. The molecule has 4 nitrogen and oxygen atoms in total. The molecule has 1 N–H and O–H groups in total. The Labute approximate surface area is 133 Å². The van der Waals surface area contributed by atoms with E-state index in [4.69, 9.17) is 0 Å². The van der Waals surface area contributed by atoms with E-state index in [9.17, 15) is 0 Å². The highest BCUT2D eigenvalue weighted by atomic mass is 32.1. The average Bonchev–Trinajstić information content (AvgIpc) is 3.05. The first-order chi connectivity index (χ1) is 10.8. The van der Waals surface area contributed by atoms with Gasteiger partial charge in [0.05, 0.1) is 17.6 Å². The Morgan fingerprint density at radius 2 is 2.05 bits per heavy atom. The first kappa shape index (κ1) is 14.4. The van der Waals surface area contributed by atoms with Gasteiger partial charge in [0, 0.05) is 17.1 Å². The molecule has 110 valence electrons. The van der Waals surface area contributed by atoms with Crippen LogP contribution in [0.4, 0.5) is 5.13 Å². The minimum Gasteiger partial charge on any atom is -0.255 e. The molecule has 0 saturated carbocycles. The average molecular weight is 308 g/mol. The van der Waals surface area contributed by atoms with Crippen LogP contribution >= 0.6 is 11.3 Å². The van der Waals surface area contributed by atoms with Gasteiger partial charge in [0.15, 0.2) is 0 Å². The van der Waals surface area contributed by atoms with Crippen LogP contribution < -0.4 is 5.43 Å². The molecule has 0 unspecified atom stereocenters. The fourth-order valence-electron chi connectivity index (χ4n) is 1.97. The van der Waals surface area contributed by atoms with E-state index in [2.05, 4.69) is 51.7 Å². The second-order valence-electron chi connectivity index (χ2n) is 4.71. The van der Waals surface area contributed by atoms with Gasteiger partial charge >= 0.3 is 0 Å². The molecule has 0 saturated heterocycles. The second kappa shape index (κ2) is 6.95. The van der Waals surface area contributed by atoms with Gasteiger partial charge in [-0.05, 0) is 24.1 Å². The van der Waals surface area contributed by atoms with Gasteiger partial charge in [0.1, 0.15) is 0 Å². The van der Waals surface area contributed by atoms with E-state index in [1.807, 2.05) is 23.6 Å². The molecule has 0 atom stereocenters. The maximum Gasteiger partial charge on any atom is 0.203 e. The number of nitrogens with one attached hydrogen (secondary N) is 1. The lowest BCUT2D eigenvalue weighted by molar-refractivity contribution is 1.14. The summed E-state index contributed by atoms with van der Waals surface area (Å²) in [5.41, 5.74) is 7.16. The molecule has 5 heteroatoms. The monoisotopic (exact) mass is 308 g/mol. The van der Waals surface area contributed by atoms with Crippen molar-refractivity contribution in [2.75, 3.05) is 5.43 Å². The molecule has 0 aliphatic carbocycles. The van der Waals surface area contributed by atoms with Crippen LogP contribution in [-0.4, -0.2) is 16.2 Å². The Morgan fingerprint density at radius 1 is 1.18 bits per heavy atom. The Bertz CT molecular complexity index is 748. The lowest BCUT2D eigenvalue weighted by atomic mass is 10.1. The fourth-order valence-corrected chi connectivity index (χ4v) is 2.64. The van der Waals surface area contributed by atoms with Crippen LogP contribution in [0.3, 0.4) is 0 Å². The first-order valence-electron chi connectivity index (χ1n) is 7.10. The quantitative estimate of drug-likeness (QED) is 0.567. The molecule has 3 aromatic rings. The summed E-state index contributed by atoms with van der Waals surface area (Å²) in [6.45, 7) is 2.15. The van der Waals surface area contributed by atoms with Crippen molar-refractivity contribution in [3.63, 3.8) is 0 Å². The van der Waals surface area contributed by atoms with E-state index >= 15 is 0 Å². The highest BCUT2D eigenvalue weighted by Gasteiger charge is 2.03. The van der Waals surface area contributed by atoms with Crippen molar-refractivity contribution in [2.24, 2.45) is 5.10 Å². The summed E-state index contributed by atoms with van der Waals surface area (Å²) in [5.74, 6) is 0. The summed E-state index contributed by atoms with van der Waals surface area (Å²) >= 11 is 1.53.